The Labute approximate surface area is 157 Å². The van der Waals surface area contributed by atoms with Crippen LogP contribution in [0.2, 0.25) is 0 Å². The summed E-state index contributed by atoms with van der Waals surface area (Å²) in [5.41, 5.74) is 0. The molecule has 5 heteroatoms. The van der Waals surface area contributed by atoms with Crippen molar-refractivity contribution in [1.29, 1.82) is 0 Å². The van der Waals surface area contributed by atoms with E-state index in [0.717, 1.165) is 38.8 Å². The number of rotatable bonds is 7. The van der Waals surface area contributed by atoms with Crippen molar-refractivity contribution in [2.45, 2.75) is 71.0 Å². The molecule has 2 aliphatic heterocycles. The van der Waals surface area contributed by atoms with Gasteiger partial charge >= 0.3 is 0 Å². The quantitative estimate of drug-likeness (QED) is 0.750. The molecule has 5 nitrogen and oxygen atoms in total. The van der Waals surface area contributed by atoms with Crippen LogP contribution in [-0.2, 0) is 14.3 Å². The van der Waals surface area contributed by atoms with Gasteiger partial charge in [-0.15, -0.1) is 0 Å². The number of piperidine rings is 1. The van der Waals surface area contributed by atoms with Gasteiger partial charge in [-0.25, -0.2) is 0 Å². The highest BCUT2D eigenvalue weighted by Crippen LogP contribution is 2.43. The lowest BCUT2D eigenvalue weighted by Gasteiger charge is -2.40. The van der Waals surface area contributed by atoms with E-state index in [1.165, 1.54) is 32.1 Å². The van der Waals surface area contributed by atoms with Crippen molar-refractivity contribution in [2.75, 3.05) is 26.3 Å². The van der Waals surface area contributed by atoms with Crippen molar-refractivity contribution in [2.24, 2.45) is 17.8 Å². The summed E-state index contributed by atoms with van der Waals surface area (Å²) < 4.78 is 12.0. The van der Waals surface area contributed by atoms with Gasteiger partial charge in [-0.05, 0) is 69.8 Å². The first-order valence-corrected chi connectivity index (χ1v) is 10.6. The number of nitrogens with zero attached hydrogens (tertiary/aromatic N) is 1. The average molecular weight is 366 g/mol. The molecule has 1 saturated carbocycles. The Morgan fingerprint density at radius 3 is 2.62 bits per heavy atom. The number of ether oxygens (including phenoxy) is 2. The number of aliphatic hydroxyl groups excluding tert-OH is 1. The largest absolute Gasteiger partial charge is 0.459 e. The van der Waals surface area contributed by atoms with Gasteiger partial charge in [0.05, 0.1) is 0 Å². The van der Waals surface area contributed by atoms with Crippen molar-refractivity contribution in [3.63, 3.8) is 0 Å². The van der Waals surface area contributed by atoms with E-state index < -0.39 is 0 Å². The molecule has 3 rings (SSSR count). The minimum Gasteiger partial charge on any atom is -0.459 e. The highest BCUT2D eigenvalue weighted by molar-refractivity contribution is 5.91. The van der Waals surface area contributed by atoms with Crippen LogP contribution >= 0.6 is 0 Å². The zero-order valence-electron chi connectivity index (χ0n) is 16.2. The van der Waals surface area contributed by atoms with E-state index in [0.29, 0.717) is 24.2 Å². The summed E-state index contributed by atoms with van der Waals surface area (Å²) in [7, 11) is 0. The summed E-state index contributed by atoms with van der Waals surface area (Å²) in [4.78, 5) is 15.0. The van der Waals surface area contributed by atoms with Gasteiger partial charge in [-0.1, -0.05) is 12.8 Å². The molecule has 2 heterocycles. The van der Waals surface area contributed by atoms with Gasteiger partial charge < -0.3 is 19.5 Å². The number of carbonyl (C=O) groups excluding carboxylic acids is 1. The third-order valence-corrected chi connectivity index (χ3v) is 6.26. The van der Waals surface area contributed by atoms with Gasteiger partial charge in [0.15, 0.2) is 5.76 Å². The zero-order chi connectivity index (χ0) is 18.4. The topological polar surface area (TPSA) is 59.0 Å². The molecule has 1 aliphatic carbocycles. The normalized spacial score (nSPS) is 30.2. The van der Waals surface area contributed by atoms with Gasteiger partial charge in [0.25, 0.3) is 5.91 Å². The minimum atomic E-state index is -0.370. The Kier molecular flexibility index (Phi) is 7.38. The summed E-state index contributed by atoms with van der Waals surface area (Å²) in [5.74, 6) is 1.69. The second kappa shape index (κ2) is 9.75. The van der Waals surface area contributed by atoms with E-state index in [1.54, 1.807) is 0 Å². The smallest absolute Gasteiger partial charge is 0.288 e. The van der Waals surface area contributed by atoms with Crippen molar-refractivity contribution in [3.8, 4) is 0 Å². The average Bonchev–Trinajstić information content (AvgIpc) is 3.21. The molecule has 0 aromatic rings. The lowest BCUT2D eigenvalue weighted by atomic mass is 9.76. The minimum absolute atomic E-state index is 0.0398. The van der Waals surface area contributed by atoms with E-state index in [4.69, 9.17) is 9.47 Å². The second-order valence-electron chi connectivity index (χ2n) is 7.98. The Morgan fingerprint density at radius 1 is 1.23 bits per heavy atom. The third-order valence-electron chi connectivity index (χ3n) is 6.26. The summed E-state index contributed by atoms with van der Waals surface area (Å²) in [5, 5.41) is 9.32. The zero-order valence-corrected chi connectivity index (χ0v) is 16.2. The number of amides is 1. The molecule has 0 aromatic carbocycles. The molecule has 0 unspecified atom stereocenters. The molecule has 1 amide bonds. The molecule has 0 aromatic heterocycles. The van der Waals surface area contributed by atoms with Crippen LogP contribution < -0.4 is 0 Å². The molecule has 0 spiro atoms. The van der Waals surface area contributed by atoms with E-state index >= 15 is 0 Å². The van der Waals surface area contributed by atoms with E-state index in [1.807, 2.05) is 11.8 Å². The lowest BCUT2D eigenvalue weighted by Crippen LogP contribution is -2.43. The van der Waals surface area contributed by atoms with Crippen molar-refractivity contribution < 1.29 is 19.4 Å². The lowest BCUT2D eigenvalue weighted by molar-refractivity contribution is -0.179. The van der Waals surface area contributed by atoms with Gasteiger partial charge in [0, 0.05) is 32.2 Å². The molecule has 1 saturated heterocycles. The van der Waals surface area contributed by atoms with Gasteiger partial charge in [0.2, 0.25) is 6.29 Å². The SMILES string of the molecule is CCO[C@@H]1OC(C(=O)N2CCCCC2)=C[C@H](C2CCCC2)[C@H]1CCCO. The first-order chi connectivity index (χ1) is 12.7. The fraction of sp³-hybridized carbons (Fsp3) is 0.857. The van der Waals surface area contributed by atoms with Crippen LogP contribution in [0.1, 0.15) is 64.7 Å². The number of hydrogen-bond acceptors (Lipinski definition) is 4. The van der Waals surface area contributed by atoms with Crippen LogP contribution in [0.5, 0.6) is 0 Å². The molecule has 3 aliphatic rings. The fourth-order valence-corrected chi connectivity index (χ4v) is 4.91. The number of likely N-dealkylation sites (tertiary alicyclic amines) is 1. The molecule has 0 bridgehead atoms. The molecule has 2 fully saturated rings. The highest BCUT2D eigenvalue weighted by atomic mass is 16.7. The first-order valence-electron chi connectivity index (χ1n) is 10.6. The van der Waals surface area contributed by atoms with Crippen LogP contribution in [0.15, 0.2) is 11.8 Å². The molecular formula is C21H35NO4. The van der Waals surface area contributed by atoms with Gasteiger partial charge in [-0.3, -0.25) is 4.79 Å². The van der Waals surface area contributed by atoms with Gasteiger partial charge in [0.1, 0.15) is 0 Å². The Bertz CT molecular complexity index is 480. The van der Waals surface area contributed by atoms with Crippen LogP contribution in [-0.4, -0.2) is 48.5 Å². The molecule has 3 atom stereocenters. The van der Waals surface area contributed by atoms with Crippen LogP contribution in [0.4, 0.5) is 0 Å². The second-order valence-corrected chi connectivity index (χ2v) is 7.98. The molecule has 148 valence electrons. The number of hydrogen-bond donors (Lipinski definition) is 1. The predicted octanol–water partition coefficient (Wildman–Crippen LogP) is 3.47. The fourth-order valence-electron chi connectivity index (χ4n) is 4.91. The van der Waals surface area contributed by atoms with Crippen LogP contribution in [0, 0.1) is 17.8 Å². The van der Waals surface area contributed by atoms with E-state index in [-0.39, 0.29) is 24.7 Å². The molecule has 0 radical (unpaired) electrons. The maximum atomic E-state index is 13.0. The van der Waals surface area contributed by atoms with Crippen molar-refractivity contribution >= 4 is 5.91 Å². The summed E-state index contributed by atoms with van der Waals surface area (Å²) in [6.07, 6.45) is 11.7. The first kappa shape index (κ1) is 19.7. The Hall–Kier alpha value is -1.07. The van der Waals surface area contributed by atoms with E-state index in [9.17, 15) is 9.90 Å². The van der Waals surface area contributed by atoms with Crippen LogP contribution in [0.3, 0.4) is 0 Å². The maximum Gasteiger partial charge on any atom is 0.288 e. The maximum absolute atomic E-state index is 13.0. The van der Waals surface area contributed by atoms with Crippen LogP contribution in [0.25, 0.3) is 0 Å². The summed E-state index contributed by atoms with van der Waals surface area (Å²) in [6.45, 7) is 4.40. The molecule has 1 N–H and O–H groups in total. The van der Waals surface area contributed by atoms with E-state index in [2.05, 4.69) is 6.08 Å². The number of aliphatic hydroxyl groups is 1. The number of carbonyl (C=O) groups is 1. The standard InChI is InChI=1S/C21H35NO4/c1-2-25-21-17(11-8-14-23)18(16-9-4-5-10-16)15-19(26-21)20(24)22-12-6-3-7-13-22/h15-18,21,23H,2-14H2,1H3/t17-,18-,21-/m1/s1. The predicted molar refractivity (Wildman–Crippen MR) is 100 cm³/mol. The highest BCUT2D eigenvalue weighted by Gasteiger charge is 2.41. The Balaban J connectivity index is 1.81. The molecular weight excluding hydrogens is 330 g/mol. The monoisotopic (exact) mass is 365 g/mol. The third kappa shape index (κ3) is 4.61. The number of allylic oxidation sites excluding steroid dienone is 1. The van der Waals surface area contributed by atoms with Crippen molar-refractivity contribution in [3.05, 3.63) is 11.8 Å². The van der Waals surface area contributed by atoms with Crippen molar-refractivity contribution in [1.82, 2.24) is 4.90 Å². The summed E-state index contributed by atoms with van der Waals surface area (Å²) in [6, 6.07) is 0. The van der Waals surface area contributed by atoms with Gasteiger partial charge in [-0.2, -0.15) is 0 Å². The molecule has 26 heavy (non-hydrogen) atoms. The Morgan fingerprint density at radius 2 is 1.96 bits per heavy atom. The summed E-state index contributed by atoms with van der Waals surface area (Å²) >= 11 is 0.